The lowest BCUT2D eigenvalue weighted by molar-refractivity contribution is 0.125. The number of aryl methyl sites for hydroxylation is 2. The fraction of sp³-hybridized carbons (Fsp3) is 0.750. The Hall–Kier alpha value is -0.390. The number of rotatable bonds is 3. The Morgan fingerprint density at radius 2 is 2.06 bits per heavy atom. The Labute approximate surface area is 111 Å². The molecule has 1 fully saturated rings. The van der Waals surface area contributed by atoms with Crippen LogP contribution in [0.1, 0.15) is 24.2 Å². The summed E-state index contributed by atoms with van der Waals surface area (Å²) in [5.41, 5.74) is 2.29. The molecule has 1 aliphatic heterocycles. The quantitative estimate of drug-likeness (QED) is 0.924. The molecule has 0 spiro atoms. The minimum atomic E-state index is 0.336. The van der Waals surface area contributed by atoms with Crippen molar-refractivity contribution in [2.45, 2.75) is 26.3 Å². The van der Waals surface area contributed by atoms with Crippen molar-refractivity contribution in [1.82, 2.24) is 14.7 Å². The number of piperidine rings is 1. The van der Waals surface area contributed by atoms with E-state index in [1.165, 1.54) is 5.69 Å². The lowest BCUT2D eigenvalue weighted by atomic mass is 9.98. The highest BCUT2D eigenvalue weighted by atomic mass is 79.9. The lowest BCUT2D eigenvalue weighted by Gasteiger charge is -2.31. The average molecular weight is 302 g/mol. The van der Waals surface area contributed by atoms with Crippen LogP contribution in [-0.4, -0.2) is 39.5 Å². The highest BCUT2D eigenvalue weighted by molar-refractivity contribution is 9.10. The summed E-state index contributed by atoms with van der Waals surface area (Å²) in [4.78, 5) is 2.44. The second-order valence-electron chi connectivity index (χ2n) is 4.87. The zero-order valence-electron chi connectivity index (χ0n) is 10.5. The van der Waals surface area contributed by atoms with Gasteiger partial charge in [0.25, 0.3) is 0 Å². The molecule has 0 aliphatic carbocycles. The normalized spacial score (nSPS) is 18.8. The van der Waals surface area contributed by atoms with Gasteiger partial charge >= 0.3 is 0 Å². The van der Waals surface area contributed by atoms with Gasteiger partial charge in [-0.05, 0) is 54.7 Å². The number of likely N-dealkylation sites (tertiary alicyclic amines) is 1. The number of aromatic nitrogens is 2. The summed E-state index contributed by atoms with van der Waals surface area (Å²) in [6.07, 6.45) is 2.20. The predicted octanol–water partition coefficient (Wildman–Crippen LogP) is 1.70. The van der Waals surface area contributed by atoms with Gasteiger partial charge in [-0.1, -0.05) is 0 Å². The largest absolute Gasteiger partial charge is 0.396 e. The molecule has 0 unspecified atom stereocenters. The van der Waals surface area contributed by atoms with E-state index < -0.39 is 0 Å². The minimum absolute atomic E-state index is 0.336. The molecule has 1 aromatic rings. The number of halogens is 1. The molecule has 5 heteroatoms. The molecule has 4 nitrogen and oxygen atoms in total. The monoisotopic (exact) mass is 301 g/mol. The third-order valence-corrected chi connectivity index (χ3v) is 4.63. The molecular weight excluding hydrogens is 282 g/mol. The van der Waals surface area contributed by atoms with E-state index in [9.17, 15) is 0 Å². The molecule has 2 rings (SSSR count). The van der Waals surface area contributed by atoms with Crippen molar-refractivity contribution in [3.8, 4) is 0 Å². The summed E-state index contributed by atoms with van der Waals surface area (Å²) in [5, 5.41) is 13.5. The standard InChI is InChI=1S/C12H20BrN3O/c1-9-12(13)11(15(2)14-9)7-16-5-3-10(8-17)4-6-16/h10,17H,3-8H2,1-2H3. The minimum Gasteiger partial charge on any atom is -0.396 e. The predicted molar refractivity (Wildman–Crippen MR) is 70.7 cm³/mol. The Balaban J connectivity index is 1.98. The van der Waals surface area contributed by atoms with Crippen molar-refractivity contribution >= 4 is 15.9 Å². The van der Waals surface area contributed by atoms with Crippen LogP contribution in [0, 0.1) is 12.8 Å². The molecule has 17 heavy (non-hydrogen) atoms. The van der Waals surface area contributed by atoms with Gasteiger partial charge in [0.15, 0.2) is 0 Å². The second kappa shape index (κ2) is 5.50. The molecule has 0 radical (unpaired) electrons. The molecule has 0 aromatic carbocycles. The Bertz CT molecular complexity index is 383. The van der Waals surface area contributed by atoms with Crippen LogP contribution < -0.4 is 0 Å². The van der Waals surface area contributed by atoms with Gasteiger partial charge in [0, 0.05) is 20.2 Å². The van der Waals surface area contributed by atoms with Gasteiger partial charge in [-0.2, -0.15) is 5.10 Å². The number of hydrogen-bond acceptors (Lipinski definition) is 3. The van der Waals surface area contributed by atoms with Crippen LogP contribution in [0.4, 0.5) is 0 Å². The molecule has 0 amide bonds. The molecule has 1 aliphatic rings. The van der Waals surface area contributed by atoms with E-state index in [-0.39, 0.29) is 0 Å². The molecular formula is C12H20BrN3O. The van der Waals surface area contributed by atoms with Gasteiger partial charge in [0.1, 0.15) is 0 Å². The maximum atomic E-state index is 9.12. The van der Waals surface area contributed by atoms with E-state index in [1.54, 1.807) is 0 Å². The van der Waals surface area contributed by atoms with Crippen LogP contribution in [0.2, 0.25) is 0 Å². The number of aliphatic hydroxyl groups is 1. The van der Waals surface area contributed by atoms with Crippen molar-refractivity contribution in [2.75, 3.05) is 19.7 Å². The molecule has 1 aromatic heterocycles. The van der Waals surface area contributed by atoms with Crippen molar-refractivity contribution in [1.29, 1.82) is 0 Å². The molecule has 1 saturated heterocycles. The second-order valence-corrected chi connectivity index (χ2v) is 5.66. The van der Waals surface area contributed by atoms with Crippen molar-refractivity contribution in [2.24, 2.45) is 13.0 Å². The van der Waals surface area contributed by atoms with Crippen LogP contribution in [0.15, 0.2) is 4.47 Å². The first-order valence-electron chi connectivity index (χ1n) is 6.13. The van der Waals surface area contributed by atoms with Gasteiger partial charge in [-0.3, -0.25) is 9.58 Å². The highest BCUT2D eigenvalue weighted by Gasteiger charge is 2.20. The summed E-state index contributed by atoms with van der Waals surface area (Å²) >= 11 is 3.60. The van der Waals surface area contributed by atoms with E-state index in [2.05, 4.69) is 25.9 Å². The Morgan fingerprint density at radius 3 is 2.53 bits per heavy atom. The molecule has 0 saturated carbocycles. The van der Waals surface area contributed by atoms with Crippen molar-refractivity contribution < 1.29 is 5.11 Å². The Morgan fingerprint density at radius 1 is 1.41 bits per heavy atom. The smallest absolute Gasteiger partial charge is 0.0739 e. The topological polar surface area (TPSA) is 41.3 Å². The summed E-state index contributed by atoms with van der Waals surface area (Å²) in [5.74, 6) is 0.503. The summed E-state index contributed by atoms with van der Waals surface area (Å²) in [6, 6.07) is 0. The average Bonchev–Trinajstić information content (AvgIpc) is 2.57. The lowest BCUT2D eigenvalue weighted by Crippen LogP contribution is -2.34. The number of hydrogen-bond donors (Lipinski definition) is 1. The third kappa shape index (κ3) is 2.89. The van der Waals surface area contributed by atoms with E-state index >= 15 is 0 Å². The van der Waals surface area contributed by atoms with E-state index in [4.69, 9.17) is 5.11 Å². The summed E-state index contributed by atoms with van der Waals surface area (Å²) < 4.78 is 3.08. The number of aliphatic hydroxyl groups excluding tert-OH is 1. The summed E-state index contributed by atoms with van der Waals surface area (Å²) in [6.45, 7) is 5.44. The zero-order chi connectivity index (χ0) is 12.4. The fourth-order valence-electron chi connectivity index (χ4n) is 2.39. The molecule has 2 heterocycles. The van der Waals surface area contributed by atoms with Crippen LogP contribution in [0.3, 0.4) is 0 Å². The van der Waals surface area contributed by atoms with Gasteiger partial charge in [0.05, 0.1) is 15.9 Å². The fourth-order valence-corrected chi connectivity index (χ4v) is 2.85. The van der Waals surface area contributed by atoms with Crippen LogP contribution in [0.5, 0.6) is 0 Å². The first-order valence-corrected chi connectivity index (χ1v) is 6.92. The molecule has 96 valence electrons. The van der Waals surface area contributed by atoms with E-state index in [1.807, 2.05) is 18.7 Å². The van der Waals surface area contributed by atoms with Gasteiger partial charge in [-0.25, -0.2) is 0 Å². The van der Waals surface area contributed by atoms with Gasteiger partial charge in [-0.15, -0.1) is 0 Å². The first-order chi connectivity index (χ1) is 8.11. The van der Waals surface area contributed by atoms with Crippen molar-refractivity contribution in [3.63, 3.8) is 0 Å². The zero-order valence-corrected chi connectivity index (χ0v) is 12.1. The maximum Gasteiger partial charge on any atom is 0.0739 e. The molecule has 1 N–H and O–H groups in total. The van der Waals surface area contributed by atoms with Gasteiger partial charge in [0.2, 0.25) is 0 Å². The third-order valence-electron chi connectivity index (χ3n) is 3.60. The van der Waals surface area contributed by atoms with E-state index in [0.29, 0.717) is 12.5 Å². The van der Waals surface area contributed by atoms with Crippen molar-refractivity contribution in [3.05, 3.63) is 15.9 Å². The first kappa shape index (κ1) is 13.1. The van der Waals surface area contributed by atoms with Gasteiger partial charge < -0.3 is 5.11 Å². The molecule has 0 bridgehead atoms. The van der Waals surface area contributed by atoms with Crippen LogP contribution in [-0.2, 0) is 13.6 Å². The highest BCUT2D eigenvalue weighted by Crippen LogP contribution is 2.24. The van der Waals surface area contributed by atoms with E-state index in [0.717, 1.165) is 42.6 Å². The summed E-state index contributed by atoms with van der Waals surface area (Å²) in [7, 11) is 1.99. The van der Waals surface area contributed by atoms with Crippen LogP contribution in [0.25, 0.3) is 0 Å². The Kier molecular flexibility index (Phi) is 4.22. The molecule has 0 atom stereocenters. The SMILES string of the molecule is Cc1nn(C)c(CN2CCC(CO)CC2)c1Br. The van der Waals surface area contributed by atoms with Crippen LogP contribution >= 0.6 is 15.9 Å². The number of nitrogens with zero attached hydrogens (tertiary/aromatic N) is 3. The maximum absolute atomic E-state index is 9.12.